The lowest BCUT2D eigenvalue weighted by Crippen LogP contribution is -2.53. The van der Waals surface area contributed by atoms with Crippen molar-refractivity contribution >= 4 is 5.91 Å². The Hall–Kier alpha value is -1.35. The molecular formula is C19H30N2O. The quantitative estimate of drug-likeness (QED) is 0.871. The number of likely N-dealkylation sites (N-methyl/N-ethyl adjacent to an activating group) is 1. The van der Waals surface area contributed by atoms with E-state index < -0.39 is 0 Å². The Labute approximate surface area is 135 Å². The highest BCUT2D eigenvalue weighted by atomic mass is 16.1. The van der Waals surface area contributed by atoms with Crippen LogP contribution in [0.4, 0.5) is 0 Å². The van der Waals surface area contributed by atoms with Crippen molar-refractivity contribution in [2.24, 2.45) is 0 Å². The zero-order valence-electron chi connectivity index (χ0n) is 14.3. The van der Waals surface area contributed by atoms with Crippen LogP contribution in [0.25, 0.3) is 0 Å². The van der Waals surface area contributed by atoms with E-state index in [1.807, 2.05) is 18.2 Å². The van der Waals surface area contributed by atoms with Gasteiger partial charge in [0.2, 0.25) is 5.91 Å². The van der Waals surface area contributed by atoms with Crippen molar-refractivity contribution in [3.8, 4) is 0 Å². The molecule has 1 fully saturated rings. The van der Waals surface area contributed by atoms with Crippen LogP contribution >= 0.6 is 0 Å². The van der Waals surface area contributed by atoms with Gasteiger partial charge in [-0.25, -0.2) is 0 Å². The maximum Gasteiger partial charge on any atom is 0.220 e. The first-order valence-electron chi connectivity index (χ1n) is 8.52. The Balaban J connectivity index is 1.86. The van der Waals surface area contributed by atoms with Crippen molar-refractivity contribution in [2.75, 3.05) is 20.6 Å². The second-order valence-corrected chi connectivity index (χ2v) is 6.97. The minimum Gasteiger partial charge on any atom is -0.354 e. The fraction of sp³-hybridized carbons (Fsp3) is 0.632. The van der Waals surface area contributed by atoms with Gasteiger partial charge >= 0.3 is 0 Å². The number of carbonyl (C=O) groups is 1. The van der Waals surface area contributed by atoms with E-state index in [9.17, 15) is 4.79 Å². The third-order valence-electron chi connectivity index (χ3n) is 5.21. The molecule has 0 radical (unpaired) electrons. The molecule has 1 aliphatic carbocycles. The summed E-state index contributed by atoms with van der Waals surface area (Å²) in [5, 5.41) is 3.19. The van der Waals surface area contributed by atoms with E-state index in [2.05, 4.69) is 43.4 Å². The summed E-state index contributed by atoms with van der Waals surface area (Å²) >= 11 is 0. The second kappa shape index (κ2) is 7.77. The standard InChI is InChI=1S/C19H30N2O/c1-16(17-10-6-4-7-11-17)14-18(22)20-15-19(21(2)3)12-8-5-9-13-19/h4,6-7,10-11,16H,5,8-9,12-15H2,1-3H3,(H,20,22)/t16-/m0/s1. The summed E-state index contributed by atoms with van der Waals surface area (Å²) in [6.45, 7) is 2.90. The van der Waals surface area contributed by atoms with Crippen molar-refractivity contribution in [1.29, 1.82) is 0 Å². The zero-order valence-corrected chi connectivity index (χ0v) is 14.3. The minimum atomic E-state index is 0.157. The highest BCUT2D eigenvalue weighted by Gasteiger charge is 2.34. The summed E-state index contributed by atoms with van der Waals surface area (Å²) in [5.41, 5.74) is 1.39. The summed E-state index contributed by atoms with van der Waals surface area (Å²) < 4.78 is 0. The van der Waals surface area contributed by atoms with Gasteiger partial charge in [0.05, 0.1) is 0 Å². The average molecular weight is 302 g/mol. The lowest BCUT2D eigenvalue weighted by Gasteiger charge is -2.43. The molecule has 3 heteroatoms. The van der Waals surface area contributed by atoms with Crippen LogP contribution < -0.4 is 5.32 Å². The number of carbonyl (C=O) groups excluding carboxylic acids is 1. The molecule has 1 N–H and O–H groups in total. The second-order valence-electron chi connectivity index (χ2n) is 6.97. The van der Waals surface area contributed by atoms with E-state index in [0.29, 0.717) is 6.42 Å². The third-order valence-corrected chi connectivity index (χ3v) is 5.21. The minimum absolute atomic E-state index is 0.157. The first-order valence-corrected chi connectivity index (χ1v) is 8.52. The number of hydrogen-bond donors (Lipinski definition) is 1. The topological polar surface area (TPSA) is 32.3 Å². The first kappa shape index (κ1) is 17.0. The van der Waals surface area contributed by atoms with Crippen LogP contribution in [-0.4, -0.2) is 37.0 Å². The van der Waals surface area contributed by atoms with Crippen molar-refractivity contribution in [3.63, 3.8) is 0 Å². The SMILES string of the molecule is C[C@@H](CC(=O)NCC1(N(C)C)CCCCC1)c1ccccc1. The fourth-order valence-electron chi connectivity index (χ4n) is 3.50. The van der Waals surface area contributed by atoms with Gasteiger partial charge in [-0.3, -0.25) is 4.79 Å². The third kappa shape index (κ3) is 4.33. The molecule has 0 unspecified atom stereocenters. The summed E-state index contributed by atoms with van der Waals surface area (Å²) in [6.07, 6.45) is 6.81. The molecule has 1 atom stereocenters. The van der Waals surface area contributed by atoms with E-state index in [1.165, 1.54) is 37.7 Å². The molecule has 3 nitrogen and oxygen atoms in total. The Morgan fingerprint density at radius 1 is 1.18 bits per heavy atom. The molecule has 1 aromatic carbocycles. The van der Waals surface area contributed by atoms with Gasteiger partial charge in [-0.2, -0.15) is 0 Å². The maximum atomic E-state index is 12.3. The van der Waals surface area contributed by atoms with E-state index in [-0.39, 0.29) is 17.4 Å². The molecule has 0 saturated heterocycles. The van der Waals surface area contributed by atoms with Gasteiger partial charge in [0.15, 0.2) is 0 Å². The van der Waals surface area contributed by atoms with E-state index >= 15 is 0 Å². The molecule has 122 valence electrons. The Bertz CT molecular complexity index is 464. The zero-order chi connectivity index (χ0) is 16.0. The van der Waals surface area contributed by atoms with Crippen molar-refractivity contribution < 1.29 is 4.79 Å². The summed E-state index contributed by atoms with van der Waals surface area (Å²) in [6, 6.07) is 10.3. The molecule has 0 heterocycles. The van der Waals surface area contributed by atoms with Gasteiger partial charge in [-0.05, 0) is 38.4 Å². The molecule has 0 bridgehead atoms. The van der Waals surface area contributed by atoms with E-state index in [1.54, 1.807) is 0 Å². The molecule has 0 aliphatic heterocycles. The molecule has 2 rings (SSSR count). The molecule has 0 aromatic heterocycles. The molecule has 22 heavy (non-hydrogen) atoms. The van der Waals surface area contributed by atoms with E-state index in [0.717, 1.165) is 6.54 Å². The normalized spacial score (nSPS) is 18.9. The van der Waals surface area contributed by atoms with E-state index in [4.69, 9.17) is 0 Å². The smallest absolute Gasteiger partial charge is 0.220 e. The first-order chi connectivity index (χ1) is 10.5. The summed E-state index contributed by atoms with van der Waals surface area (Å²) in [7, 11) is 4.29. The van der Waals surface area contributed by atoms with Crippen LogP contribution in [0.1, 0.15) is 56.9 Å². The van der Waals surface area contributed by atoms with Gasteiger partial charge in [-0.15, -0.1) is 0 Å². The van der Waals surface area contributed by atoms with Crippen LogP contribution in [0, 0.1) is 0 Å². The largest absolute Gasteiger partial charge is 0.354 e. The Morgan fingerprint density at radius 2 is 1.82 bits per heavy atom. The number of hydrogen-bond acceptors (Lipinski definition) is 2. The number of benzene rings is 1. The number of rotatable bonds is 6. The molecule has 1 saturated carbocycles. The van der Waals surface area contributed by atoms with Crippen LogP contribution in [0.3, 0.4) is 0 Å². The predicted molar refractivity (Wildman–Crippen MR) is 92.0 cm³/mol. The highest BCUT2D eigenvalue weighted by molar-refractivity contribution is 5.76. The highest BCUT2D eigenvalue weighted by Crippen LogP contribution is 2.31. The average Bonchev–Trinajstić information content (AvgIpc) is 2.54. The van der Waals surface area contributed by atoms with Crippen LogP contribution in [0.5, 0.6) is 0 Å². The molecule has 1 aromatic rings. The van der Waals surface area contributed by atoms with Gasteiger partial charge in [0.25, 0.3) is 0 Å². The van der Waals surface area contributed by atoms with Crippen molar-refractivity contribution in [2.45, 2.75) is 56.9 Å². The molecular weight excluding hydrogens is 272 g/mol. The van der Waals surface area contributed by atoms with Crippen molar-refractivity contribution in [1.82, 2.24) is 10.2 Å². The van der Waals surface area contributed by atoms with Gasteiger partial charge in [0.1, 0.15) is 0 Å². The van der Waals surface area contributed by atoms with Gasteiger partial charge < -0.3 is 10.2 Å². The maximum absolute atomic E-state index is 12.3. The predicted octanol–water partition coefficient (Wildman–Crippen LogP) is 3.56. The van der Waals surface area contributed by atoms with Crippen LogP contribution in [0.2, 0.25) is 0 Å². The summed E-state index contributed by atoms with van der Waals surface area (Å²) in [5.74, 6) is 0.436. The van der Waals surface area contributed by atoms with Crippen LogP contribution in [0.15, 0.2) is 30.3 Å². The molecule has 0 spiro atoms. The fourth-order valence-corrected chi connectivity index (χ4v) is 3.50. The van der Waals surface area contributed by atoms with Gasteiger partial charge in [0, 0.05) is 18.5 Å². The molecule has 1 amide bonds. The van der Waals surface area contributed by atoms with Gasteiger partial charge in [-0.1, -0.05) is 56.5 Å². The Morgan fingerprint density at radius 3 is 2.41 bits per heavy atom. The lowest BCUT2D eigenvalue weighted by atomic mass is 9.80. The number of amides is 1. The molecule has 1 aliphatic rings. The van der Waals surface area contributed by atoms with Crippen molar-refractivity contribution in [3.05, 3.63) is 35.9 Å². The van der Waals surface area contributed by atoms with Crippen LogP contribution in [-0.2, 0) is 4.79 Å². The monoisotopic (exact) mass is 302 g/mol. The Kier molecular flexibility index (Phi) is 6.01. The summed E-state index contributed by atoms with van der Waals surface area (Å²) in [4.78, 5) is 14.6. The number of nitrogens with one attached hydrogen (secondary N) is 1. The lowest BCUT2D eigenvalue weighted by molar-refractivity contribution is -0.122. The number of nitrogens with zero attached hydrogens (tertiary/aromatic N) is 1.